The number of benzene rings is 1. The summed E-state index contributed by atoms with van der Waals surface area (Å²) in [6, 6.07) is 7.16. The molecule has 0 heterocycles. The van der Waals surface area contributed by atoms with Crippen molar-refractivity contribution < 1.29 is 14.3 Å². The molecule has 0 radical (unpaired) electrons. The molecule has 1 N–H and O–H groups in total. The van der Waals surface area contributed by atoms with Crippen molar-refractivity contribution in [1.29, 1.82) is 0 Å². The molecule has 1 rings (SSSR count). The molecule has 1 amide bonds. The summed E-state index contributed by atoms with van der Waals surface area (Å²) in [5.41, 5.74) is 1.50. The van der Waals surface area contributed by atoms with Crippen LogP contribution in [0.1, 0.15) is 25.3 Å². The van der Waals surface area contributed by atoms with Crippen LogP contribution >= 0.6 is 0 Å². The third-order valence-electron chi connectivity index (χ3n) is 2.26. The van der Waals surface area contributed by atoms with Gasteiger partial charge in [0.05, 0.1) is 13.0 Å². The molecular weight excluding hydrogens is 206 g/mol. The summed E-state index contributed by atoms with van der Waals surface area (Å²) in [7, 11) is 1.36. The quantitative estimate of drug-likeness (QED) is 0.793. The second-order valence-electron chi connectivity index (χ2n) is 3.55. The molecule has 1 aromatic rings. The number of ether oxygens (including phenoxy) is 1. The van der Waals surface area contributed by atoms with Crippen molar-refractivity contribution in [2.24, 2.45) is 0 Å². The SMILES string of the molecule is COC(=O)[C@H](C)c1cccc(NC(C)=O)c1. The van der Waals surface area contributed by atoms with Crippen LogP contribution < -0.4 is 5.32 Å². The van der Waals surface area contributed by atoms with Gasteiger partial charge in [-0.15, -0.1) is 0 Å². The molecule has 0 spiro atoms. The van der Waals surface area contributed by atoms with Gasteiger partial charge in [-0.05, 0) is 24.6 Å². The van der Waals surface area contributed by atoms with Gasteiger partial charge in [-0.3, -0.25) is 9.59 Å². The van der Waals surface area contributed by atoms with E-state index in [2.05, 4.69) is 10.1 Å². The lowest BCUT2D eigenvalue weighted by Gasteiger charge is -2.11. The van der Waals surface area contributed by atoms with Gasteiger partial charge in [-0.1, -0.05) is 12.1 Å². The molecule has 0 fully saturated rings. The lowest BCUT2D eigenvalue weighted by atomic mass is 10.0. The topological polar surface area (TPSA) is 55.4 Å². The van der Waals surface area contributed by atoms with Gasteiger partial charge in [-0.25, -0.2) is 0 Å². The Morgan fingerprint density at radius 3 is 2.62 bits per heavy atom. The third-order valence-corrected chi connectivity index (χ3v) is 2.26. The molecule has 1 aromatic carbocycles. The molecular formula is C12H15NO3. The molecule has 4 heteroatoms. The first-order valence-electron chi connectivity index (χ1n) is 5.00. The van der Waals surface area contributed by atoms with Crippen molar-refractivity contribution in [2.75, 3.05) is 12.4 Å². The third kappa shape index (κ3) is 3.08. The number of amides is 1. The minimum absolute atomic E-state index is 0.136. The summed E-state index contributed by atoms with van der Waals surface area (Å²) in [5, 5.41) is 2.67. The number of nitrogens with one attached hydrogen (secondary N) is 1. The number of anilines is 1. The molecule has 0 aliphatic rings. The van der Waals surface area contributed by atoms with E-state index in [0.29, 0.717) is 5.69 Å². The van der Waals surface area contributed by atoms with Crippen LogP contribution in [-0.4, -0.2) is 19.0 Å². The first-order chi connectivity index (χ1) is 7.54. The van der Waals surface area contributed by atoms with Crippen LogP contribution in [0, 0.1) is 0 Å². The van der Waals surface area contributed by atoms with Gasteiger partial charge in [0, 0.05) is 12.6 Å². The minimum Gasteiger partial charge on any atom is -0.469 e. The molecule has 16 heavy (non-hydrogen) atoms. The van der Waals surface area contributed by atoms with Crippen LogP contribution in [-0.2, 0) is 14.3 Å². The van der Waals surface area contributed by atoms with E-state index in [-0.39, 0.29) is 17.8 Å². The molecule has 0 unspecified atom stereocenters. The molecule has 86 valence electrons. The number of methoxy groups -OCH3 is 1. The maximum absolute atomic E-state index is 11.3. The molecule has 0 saturated carbocycles. The van der Waals surface area contributed by atoms with E-state index in [1.165, 1.54) is 14.0 Å². The second kappa shape index (κ2) is 5.30. The smallest absolute Gasteiger partial charge is 0.312 e. The van der Waals surface area contributed by atoms with Gasteiger partial charge in [0.25, 0.3) is 0 Å². The van der Waals surface area contributed by atoms with Crippen molar-refractivity contribution >= 4 is 17.6 Å². The van der Waals surface area contributed by atoms with Crippen molar-refractivity contribution in [1.82, 2.24) is 0 Å². The fourth-order valence-electron chi connectivity index (χ4n) is 1.40. The summed E-state index contributed by atoms with van der Waals surface area (Å²) >= 11 is 0. The number of carbonyl (C=O) groups is 2. The van der Waals surface area contributed by atoms with E-state index < -0.39 is 0 Å². The zero-order valence-corrected chi connectivity index (χ0v) is 9.61. The van der Waals surface area contributed by atoms with Crippen LogP contribution in [0.25, 0.3) is 0 Å². The van der Waals surface area contributed by atoms with E-state index >= 15 is 0 Å². The molecule has 0 aliphatic carbocycles. The first kappa shape index (κ1) is 12.2. The number of hydrogen-bond donors (Lipinski definition) is 1. The lowest BCUT2D eigenvalue weighted by Crippen LogP contribution is -2.11. The van der Waals surface area contributed by atoms with Gasteiger partial charge >= 0.3 is 5.97 Å². The minimum atomic E-state index is -0.335. The molecule has 0 aromatic heterocycles. The van der Waals surface area contributed by atoms with E-state index in [1.807, 2.05) is 6.07 Å². The van der Waals surface area contributed by atoms with Crippen LogP contribution in [0.4, 0.5) is 5.69 Å². The summed E-state index contributed by atoms with van der Waals surface area (Å²) in [6.45, 7) is 3.20. The van der Waals surface area contributed by atoms with E-state index in [9.17, 15) is 9.59 Å². The average molecular weight is 221 g/mol. The maximum atomic E-state index is 11.3. The summed E-state index contributed by atoms with van der Waals surface area (Å²) in [6.07, 6.45) is 0. The van der Waals surface area contributed by atoms with E-state index in [1.54, 1.807) is 25.1 Å². The zero-order chi connectivity index (χ0) is 12.1. The Hall–Kier alpha value is -1.84. The second-order valence-corrected chi connectivity index (χ2v) is 3.55. The highest BCUT2D eigenvalue weighted by atomic mass is 16.5. The molecule has 0 bridgehead atoms. The summed E-state index contributed by atoms with van der Waals surface area (Å²) < 4.78 is 4.66. The van der Waals surface area contributed by atoms with Crippen LogP contribution in [0.2, 0.25) is 0 Å². The summed E-state index contributed by atoms with van der Waals surface area (Å²) in [4.78, 5) is 22.2. The molecule has 0 saturated heterocycles. The Balaban J connectivity index is 2.89. The van der Waals surface area contributed by atoms with Crippen LogP contribution in [0.15, 0.2) is 24.3 Å². The monoisotopic (exact) mass is 221 g/mol. The van der Waals surface area contributed by atoms with Gasteiger partial charge in [-0.2, -0.15) is 0 Å². The standard InChI is InChI=1S/C12H15NO3/c1-8(12(15)16-3)10-5-4-6-11(7-10)13-9(2)14/h4-8H,1-3H3,(H,13,14)/t8-/m1/s1. The largest absolute Gasteiger partial charge is 0.469 e. The van der Waals surface area contributed by atoms with Gasteiger partial charge in [0.1, 0.15) is 0 Å². The summed E-state index contributed by atoms with van der Waals surface area (Å²) in [5.74, 6) is -0.762. The van der Waals surface area contributed by atoms with Crippen LogP contribution in [0.5, 0.6) is 0 Å². The first-order valence-corrected chi connectivity index (χ1v) is 5.00. The highest BCUT2D eigenvalue weighted by Crippen LogP contribution is 2.20. The maximum Gasteiger partial charge on any atom is 0.312 e. The highest BCUT2D eigenvalue weighted by Gasteiger charge is 2.15. The highest BCUT2D eigenvalue weighted by molar-refractivity contribution is 5.89. The predicted octanol–water partition coefficient (Wildman–Crippen LogP) is 1.92. The zero-order valence-electron chi connectivity index (χ0n) is 9.61. The number of carbonyl (C=O) groups excluding carboxylic acids is 2. The van der Waals surface area contributed by atoms with Gasteiger partial charge in [0.2, 0.25) is 5.91 Å². The number of esters is 1. The average Bonchev–Trinajstić information content (AvgIpc) is 2.26. The molecule has 4 nitrogen and oxygen atoms in total. The fourth-order valence-corrected chi connectivity index (χ4v) is 1.40. The Bertz CT molecular complexity index is 401. The van der Waals surface area contributed by atoms with Crippen molar-refractivity contribution in [3.63, 3.8) is 0 Å². The van der Waals surface area contributed by atoms with Gasteiger partial charge in [0.15, 0.2) is 0 Å². The lowest BCUT2D eigenvalue weighted by molar-refractivity contribution is -0.142. The Labute approximate surface area is 94.6 Å². The Kier molecular flexibility index (Phi) is 4.05. The van der Waals surface area contributed by atoms with Crippen molar-refractivity contribution in [3.8, 4) is 0 Å². The predicted molar refractivity (Wildman–Crippen MR) is 61.2 cm³/mol. The number of rotatable bonds is 3. The number of hydrogen-bond acceptors (Lipinski definition) is 3. The molecule has 0 aliphatic heterocycles. The van der Waals surface area contributed by atoms with Crippen molar-refractivity contribution in [2.45, 2.75) is 19.8 Å². The van der Waals surface area contributed by atoms with E-state index in [0.717, 1.165) is 5.56 Å². The van der Waals surface area contributed by atoms with Crippen molar-refractivity contribution in [3.05, 3.63) is 29.8 Å². The van der Waals surface area contributed by atoms with Crippen LogP contribution in [0.3, 0.4) is 0 Å². The Morgan fingerprint density at radius 2 is 2.06 bits per heavy atom. The van der Waals surface area contributed by atoms with E-state index in [4.69, 9.17) is 0 Å². The van der Waals surface area contributed by atoms with Gasteiger partial charge < -0.3 is 10.1 Å². The molecule has 1 atom stereocenters. The Morgan fingerprint density at radius 1 is 1.38 bits per heavy atom. The fraction of sp³-hybridized carbons (Fsp3) is 0.333. The normalized spacial score (nSPS) is 11.7.